The van der Waals surface area contributed by atoms with E-state index in [2.05, 4.69) is 13.8 Å². The molecule has 0 radical (unpaired) electrons. The van der Waals surface area contributed by atoms with E-state index >= 15 is 0 Å². The summed E-state index contributed by atoms with van der Waals surface area (Å²) in [6, 6.07) is 0. The molecular formula is C32H62O4. The number of esters is 1. The van der Waals surface area contributed by atoms with E-state index in [9.17, 15) is 9.59 Å². The number of hydrogen-bond acceptors (Lipinski definition) is 3. The quantitative estimate of drug-likeness (QED) is 0.0802. The van der Waals surface area contributed by atoms with Crippen molar-refractivity contribution in [2.45, 2.75) is 193 Å². The van der Waals surface area contributed by atoms with E-state index in [1.165, 1.54) is 103 Å². The van der Waals surface area contributed by atoms with Crippen LogP contribution in [0.4, 0.5) is 0 Å². The molecule has 0 aromatic carbocycles. The van der Waals surface area contributed by atoms with Gasteiger partial charge < -0.3 is 9.84 Å². The summed E-state index contributed by atoms with van der Waals surface area (Å²) < 4.78 is 5.81. The van der Waals surface area contributed by atoms with E-state index in [1.54, 1.807) is 0 Å². The van der Waals surface area contributed by atoms with Crippen molar-refractivity contribution in [3.63, 3.8) is 0 Å². The zero-order valence-corrected chi connectivity index (χ0v) is 24.3. The highest BCUT2D eigenvalue weighted by atomic mass is 16.5. The van der Waals surface area contributed by atoms with Gasteiger partial charge in [-0.25, -0.2) is 0 Å². The Labute approximate surface area is 224 Å². The van der Waals surface area contributed by atoms with Crippen LogP contribution >= 0.6 is 0 Å². The van der Waals surface area contributed by atoms with Crippen molar-refractivity contribution in [2.24, 2.45) is 0 Å². The van der Waals surface area contributed by atoms with E-state index in [4.69, 9.17) is 9.84 Å². The van der Waals surface area contributed by atoms with Crippen LogP contribution in [-0.4, -0.2) is 23.1 Å². The number of rotatable bonds is 29. The predicted octanol–water partition coefficient (Wildman–Crippen LogP) is 10.6. The van der Waals surface area contributed by atoms with Crippen LogP contribution in [0.5, 0.6) is 0 Å². The van der Waals surface area contributed by atoms with Gasteiger partial charge in [0.1, 0.15) is 6.10 Å². The van der Waals surface area contributed by atoms with Gasteiger partial charge in [0.2, 0.25) is 0 Å². The van der Waals surface area contributed by atoms with Crippen molar-refractivity contribution in [3.8, 4) is 0 Å². The van der Waals surface area contributed by atoms with Gasteiger partial charge in [-0.3, -0.25) is 9.59 Å². The Balaban J connectivity index is 3.54. The largest absolute Gasteiger partial charge is 0.481 e. The molecule has 1 N–H and O–H groups in total. The summed E-state index contributed by atoms with van der Waals surface area (Å²) in [6.07, 6.45) is 31.6. The fraction of sp³-hybridized carbons (Fsp3) is 0.938. The Morgan fingerprint density at radius 2 is 0.889 bits per heavy atom. The molecule has 1 atom stereocenters. The second-order valence-corrected chi connectivity index (χ2v) is 11.0. The lowest BCUT2D eigenvalue weighted by molar-refractivity contribution is -0.150. The first-order valence-corrected chi connectivity index (χ1v) is 16.0. The summed E-state index contributed by atoms with van der Waals surface area (Å²) in [5.74, 6) is -0.675. The minimum Gasteiger partial charge on any atom is -0.481 e. The molecule has 0 bridgehead atoms. The van der Waals surface area contributed by atoms with Gasteiger partial charge in [0.25, 0.3) is 0 Å². The number of aliphatic carboxylic acids is 1. The second kappa shape index (κ2) is 28.5. The third-order valence-corrected chi connectivity index (χ3v) is 7.31. The molecule has 0 saturated heterocycles. The van der Waals surface area contributed by atoms with E-state index in [0.29, 0.717) is 12.8 Å². The normalized spacial score (nSPS) is 12.1. The molecule has 0 fully saturated rings. The van der Waals surface area contributed by atoms with E-state index < -0.39 is 5.97 Å². The van der Waals surface area contributed by atoms with Crippen LogP contribution in [-0.2, 0) is 14.3 Å². The average molecular weight is 511 g/mol. The Bertz CT molecular complexity index is 477. The molecule has 36 heavy (non-hydrogen) atoms. The van der Waals surface area contributed by atoms with Gasteiger partial charge in [-0.1, -0.05) is 142 Å². The van der Waals surface area contributed by atoms with Crippen LogP contribution in [0.25, 0.3) is 0 Å². The molecule has 4 nitrogen and oxygen atoms in total. The highest BCUT2D eigenvalue weighted by molar-refractivity contribution is 5.69. The molecule has 0 aliphatic rings. The summed E-state index contributed by atoms with van der Waals surface area (Å²) in [6.45, 7) is 4.44. The molecule has 0 rings (SSSR count). The zero-order valence-electron chi connectivity index (χ0n) is 24.3. The van der Waals surface area contributed by atoms with Gasteiger partial charge in [-0.2, -0.15) is 0 Å². The molecule has 0 aromatic rings. The predicted molar refractivity (Wildman–Crippen MR) is 154 cm³/mol. The lowest BCUT2D eigenvalue weighted by Gasteiger charge is -2.17. The van der Waals surface area contributed by atoms with Crippen LogP contribution in [0.2, 0.25) is 0 Å². The molecular weight excluding hydrogens is 448 g/mol. The summed E-state index contributed by atoms with van der Waals surface area (Å²) in [7, 11) is 0. The average Bonchev–Trinajstić information content (AvgIpc) is 2.85. The van der Waals surface area contributed by atoms with Crippen LogP contribution < -0.4 is 0 Å². The van der Waals surface area contributed by atoms with Crippen LogP contribution in [0, 0.1) is 0 Å². The van der Waals surface area contributed by atoms with Gasteiger partial charge in [-0.05, 0) is 32.1 Å². The minimum atomic E-state index is -0.683. The maximum atomic E-state index is 12.3. The molecule has 0 saturated carbocycles. The lowest BCUT2D eigenvalue weighted by Crippen LogP contribution is -2.18. The fourth-order valence-corrected chi connectivity index (χ4v) is 5.00. The molecule has 0 heterocycles. The number of carboxylic acids is 1. The van der Waals surface area contributed by atoms with Crippen LogP contribution in [0.1, 0.15) is 187 Å². The van der Waals surface area contributed by atoms with E-state index in [1.807, 2.05) is 0 Å². The maximum absolute atomic E-state index is 12.3. The first kappa shape index (κ1) is 34.9. The first-order valence-electron chi connectivity index (χ1n) is 16.0. The van der Waals surface area contributed by atoms with Crippen molar-refractivity contribution in [1.29, 1.82) is 0 Å². The highest BCUT2D eigenvalue weighted by Gasteiger charge is 2.13. The van der Waals surface area contributed by atoms with Gasteiger partial charge in [0.15, 0.2) is 0 Å². The van der Waals surface area contributed by atoms with Crippen LogP contribution in [0.3, 0.4) is 0 Å². The van der Waals surface area contributed by atoms with Crippen molar-refractivity contribution in [3.05, 3.63) is 0 Å². The SMILES string of the molecule is CCCCCCCCCCCCCCCCC(=O)OC(CCC)CCCCCCCCCCC(=O)O. The topological polar surface area (TPSA) is 63.6 Å². The van der Waals surface area contributed by atoms with Gasteiger partial charge in [0.05, 0.1) is 0 Å². The molecule has 0 aromatic heterocycles. The zero-order chi connectivity index (χ0) is 26.5. The molecule has 0 aliphatic carbocycles. The van der Waals surface area contributed by atoms with Crippen molar-refractivity contribution < 1.29 is 19.4 Å². The van der Waals surface area contributed by atoms with E-state index in [0.717, 1.165) is 57.8 Å². The second-order valence-electron chi connectivity index (χ2n) is 11.0. The Morgan fingerprint density at radius 3 is 1.31 bits per heavy atom. The van der Waals surface area contributed by atoms with Crippen molar-refractivity contribution in [1.82, 2.24) is 0 Å². The Kier molecular flexibility index (Phi) is 27.7. The minimum absolute atomic E-state index is 0.00810. The molecule has 214 valence electrons. The number of carbonyl (C=O) groups excluding carboxylic acids is 1. The summed E-state index contributed by atoms with van der Waals surface area (Å²) in [5.41, 5.74) is 0. The smallest absolute Gasteiger partial charge is 0.306 e. The number of unbranched alkanes of at least 4 members (excludes halogenated alkanes) is 20. The molecule has 1 unspecified atom stereocenters. The third-order valence-electron chi connectivity index (χ3n) is 7.31. The summed E-state index contributed by atoms with van der Waals surface area (Å²) in [4.78, 5) is 22.8. The van der Waals surface area contributed by atoms with Crippen LogP contribution in [0.15, 0.2) is 0 Å². The monoisotopic (exact) mass is 510 g/mol. The number of carbonyl (C=O) groups is 2. The third kappa shape index (κ3) is 27.5. The van der Waals surface area contributed by atoms with Gasteiger partial charge >= 0.3 is 11.9 Å². The highest BCUT2D eigenvalue weighted by Crippen LogP contribution is 2.17. The molecule has 0 amide bonds. The van der Waals surface area contributed by atoms with Crippen molar-refractivity contribution >= 4 is 11.9 Å². The summed E-state index contributed by atoms with van der Waals surface area (Å²) in [5, 5.41) is 8.65. The fourth-order valence-electron chi connectivity index (χ4n) is 5.00. The standard InChI is InChI=1S/C32H62O4/c1-3-5-6-7-8-9-10-11-12-13-14-19-22-25-29-32(35)36-30(26-4-2)27-23-20-17-15-16-18-21-24-28-31(33)34/h30H,3-29H2,1-2H3,(H,33,34). The van der Waals surface area contributed by atoms with Gasteiger partial charge in [-0.15, -0.1) is 0 Å². The summed E-state index contributed by atoms with van der Waals surface area (Å²) >= 11 is 0. The molecule has 0 spiro atoms. The lowest BCUT2D eigenvalue weighted by atomic mass is 10.0. The number of carboxylic acid groups (broad SMARTS) is 1. The van der Waals surface area contributed by atoms with Crippen molar-refractivity contribution in [2.75, 3.05) is 0 Å². The Hall–Kier alpha value is -1.06. The van der Waals surface area contributed by atoms with Gasteiger partial charge in [0, 0.05) is 12.8 Å². The number of ether oxygens (including phenoxy) is 1. The molecule has 0 aliphatic heterocycles. The first-order chi connectivity index (χ1) is 17.6. The van der Waals surface area contributed by atoms with E-state index in [-0.39, 0.29) is 12.1 Å². The Morgan fingerprint density at radius 1 is 0.500 bits per heavy atom. The maximum Gasteiger partial charge on any atom is 0.306 e. The number of hydrogen-bond donors (Lipinski definition) is 1. The molecule has 4 heteroatoms.